The van der Waals surface area contributed by atoms with Crippen LogP contribution >= 0.6 is 0 Å². The van der Waals surface area contributed by atoms with Crippen molar-refractivity contribution in [2.24, 2.45) is 11.7 Å². The Labute approximate surface area is 198 Å². The van der Waals surface area contributed by atoms with Crippen LogP contribution in [0.2, 0.25) is 0 Å². The molecule has 3 N–H and O–H groups in total. The Kier molecular flexibility index (Phi) is 7.37. The minimum absolute atomic E-state index is 0.00529. The molecule has 0 radical (unpaired) electrons. The maximum atomic E-state index is 14.5. The van der Waals surface area contributed by atoms with Crippen molar-refractivity contribution in [2.45, 2.75) is 44.3 Å². The molecule has 3 rings (SSSR count). The van der Waals surface area contributed by atoms with E-state index in [1.807, 2.05) is 0 Å². The largest absolute Gasteiger partial charge is 0.496 e. The molecule has 0 aliphatic carbocycles. The zero-order chi connectivity index (χ0) is 26.1. The summed E-state index contributed by atoms with van der Waals surface area (Å²) in [4.78, 5) is 28.2. The Morgan fingerprint density at radius 3 is 2.43 bits per heavy atom. The lowest BCUT2D eigenvalue weighted by molar-refractivity contribution is -0.272. The molecule has 0 unspecified atom stereocenters. The highest BCUT2D eigenvalue weighted by Crippen LogP contribution is 2.55. The molecule has 4 atom stereocenters. The summed E-state index contributed by atoms with van der Waals surface area (Å²) in [6.07, 6.45) is -5.29. The van der Waals surface area contributed by atoms with Gasteiger partial charge < -0.3 is 25.3 Å². The minimum Gasteiger partial charge on any atom is -0.496 e. The van der Waals surface area contributed by atoms with E-state index < -0.39 is 47.3 Å². The van der Waals surface area contributed by atoms with E-state index in [1.165, 1.54) is 39.3 Å². The van der Waals surface area contributed by atoms with Crippen molar-refractivity contribution in [3.8, 4) is 5.75 Å². The van der Waals surface area contributed by atoms with Crippen LogP contribution in [0.3, 0.4) is 0 Å². The number of pyridine rings is 1. The van der Waals surface area contributed by atoms with Crippen molar-refractivity contribution in [1.82, 2.24) is 4.98 Å². The van der Waals surface area contributed by atoms with Gasteiger partial charge in [-0.2, -0.15) is 13.2 Å². The number of nitrogens with one attached hydrogen (secondary N) is 1. The van der Waals surface area contributed by atoms with Gasteiger partial charge in [-0.05, 0) is 25.1 Å². The molecule has 1 fully saturated rings. The standard InChI is InChI=1S/C23H25F4N3O5/c1-11-17(13-6-7-15(24)14(10-33-3)18(13)34-4)19(35-22(11,2)23(25,26)27)21(32)30-12-5-8-16(20(28)31)29-9-12/h5-9,11,17,19H,10H2,1-4H3,(H2,28,31)(H,30,32)/t11-,17-,19+,22+/m0/s1. The van der Waals surface area contributed by atoms with Crippen molar-refractivity contribution in [1.29, 1.82) is 0 Å². The van der Waals surface area contributed by atoms with Gasteiger partial charge in [0.2, 0.25) is 0 Å². The lowest BCUT2D eigenvalue weighted by Gasteiger charge is -2.32. The monoisotopic (exact) mass is 499 g/mol. The van der Waals surface area contributed by atoms with Crippen molar-refractivity contribution < 1.29 is 41.4 Å². The van der Waals surface area contributed by atoms with Crippen LogP contribution in [-0.2, 0) is 20.9 Å². The second-order valence-corrected chi connectivity index (χ2v) is 8.32. The Bertz CT molecular complexity index is 1110. The Morgan fingerprint density at radius 2 is 1.91 bits per heavy atom. The number of halogens is 4. The third-order valence-corrected chi connectivity index (χ3v) is 6.30. The lowest BCUT2D eigenvalue weighted by Crippen LogP contribution is -2.47. The van der Waals surface area contributed by atoms with E-state index in [1.54, 1.807) is 0 Å². The van der Waals surface area contributed by atoms with Crippen molar-refractivity contribution in [3.63, 3.8) is 0 Å². The summed E-state index contributed by atoms with van der Waals surface area (Å²) < 4.78 is 72.5. The van der Waals surface area contributed by atoms with Crippen LogP contribution in [0, 0.1) is 11.7 Å². The number of alkyl halides is 3. The highest BCUT2D eigenvalue weighted by atomic mass is 19.4. The van der Waals surface area contributed by atoms with Crippen molar-refractivity contribution >= 4 is 17.5 Å². The number of nitrogens with zero attached hydrogens (tertiary/aromatic N) is 1. The Morgan fingerprint density at radius 1 is 1.23 bits per heavy atom. The summed E-state index contributed by atoms with van der Waals surface area (Å²) in [6, 6.07) is 4.96. The molecule has 0 spiro atoms. The molecule has 8 nitrogen and oxygen atoms in total. The molecule has 35 heavy (non-hydrogen) atoms. The number of carbonyl (C=O) groups is 2. The number of rotatable bonds is 7. The average Bonchev–Trinajstić information content (AvgIpc) is 3.07. The zero-order valence-corrected chi connectivity index (χ0v) is 19.4. The predicted molar refractivity (Wildman–Crippen MR) is 116 cm³/mol. The van der Waals surface area contributed by atoms with Crippen LogP contribution in [0.25, 0.3) is 0 Å². The highest BCUT2D eigenvalue weighted by molar-refractivity contribution is 5.96. The van der Waals surface area contributed by atoms with Gasteiger partial charge in [0.25, 0.3) is 11.8 Å². The van der Waals surface area contributed by atoms with Crippen LogP contribution in [0.15, 0.2) is 30.5 Å². The van der Waals surface area contributed by atoms with E-state index >= 15 is 0 Å². The number of methoxy groups -OCH3 is 2. The second-order valence-electron chi connectivity index (χ2n) is 8.32. The van der Waals surface area contributed by atoms with Gasteiger partial charge in [0.15, 0.2) is 5.60 Å². The second kappa shape index (κ2) is 9.78. The molecule has 1 aromatic carbocycles. The fourth-order valence-corrected chi connectivity index (χ4v) is 4.25. The smallest absolute Gasteiger partial charge is 0.417 e. The van der Waals surface area contributed by atoms with Gasteiger partial charge in [-0.3, -0.25) is 9.59 Å². The van der Waals surface area contributed by atoms with Crippen LogP contribution in [0.4, 0.5) is 23.2 Å². The minimum atomic E-state index is -4.81. The van der Waals surface area contributed by atoms with E-state index in [0.29, 0.717) is 0 Å². The Hall–Kier alpha value is -3.25. The summed E-state index contributed by atoms with van der Waals surface area (Å²) in [7, 11) is 2.59. The third kappa shape index (κ3) is 4.80. The highest BCUT2D eigenvalue weighted by Gasteiger charge is 2.65. The number of ether oxygens (including phenoxy) is 3. The maximum absolute atomic E-state index is 14.5. The first-order valence-corrected chi connectivity index (χ1v) is 10.5. The SMILES string of the molecule is COCc1c(F)ccc([C@H]2[C@H](C(=O)Nc3ccc(C(N)=O)nc3)O[C@@](C)(C(F)(F)F)[C@H]2C)c1OC. The van der Waals surface area contributed by atoms with E-state index in [-0.39, 0.29) is 34.9 Å². The van der Waals surface area contributed by atoms with Gasteiger partial charge in [0.1, 0.15) is 23.4 Å². The number of benzene rings is 1. The normalized spacial score (nSPS) is 24.3. The molecule has 2 heterocycles. The molecule has 12 heteroatoms. The summed E-state index contributed by atoms with van der Waals surface area (Å²) in [6.45, 7) is 1.98. The molecule has 190 valence electrons. The van der Waals surface area contributed by atoms with Gasteiger partial charge in [-0.15, -0.1) is 0 Å². The topological polar surface area (TPSA) is 113 Å². The van der Waals surface area contributed by atoms with E-state index in [0.717, 1.165) is 19.2 Å². The Balaban J connectivity index is 2.07. The summed E-state index contributed by atoms with van der Waals surface area (Å²) in [5, 5.41) is 2.46. The van der Waals surface area contributed by atoms with Gasteiger partial charge in [-0.25, -0.2) is 9.37 Å². The molecular weight excluding hydrogens is 474 g/mol. The quantitative estimate of drug-likeness (QED) is 0.564. The average molecular weight is 499 g/mol. The predicted octanol–water partition coefficient (Wildman–Crippen LogP) is 3.55. The zero-order valence-electron chi connectivity index (χ0n) is 19.4. The third-order valence-electron chi connectivity index (χ3n) is 6.30. The van der Waals surface area contributed by atoms with Crippen LogP contribution < -0.4 is 15.8 Å². The molecule has 2 aromatic rings. The molecule has 2 amide bonds. The maximum Gasteiger partial charge on any atom is 0.417 e. The van der Waals surface area contributed by atoms with Crippen molar-refractivity contribution in [3.05, 3.63) is 53.1 Å². The molecule has 1 aliphatic rings. The molecule has 1 saturated heterocycles. The first-order valence-electron chi connectivity index (χ1n) is 10.5. The fourth-order valence-electron chi connectivity index (χ4n) is 4.25. The van der Waals surface area contributed by atoms with E-state index in [2.05, 4.69) is 10.3 Å². The number of anilines is 1. The summed E-state index contributed by atoms with van der Waals surface area (Å²) in [5.41, 5.74) is 2.69. The first-order chi connectivity index (χ1) is 16.4. The number of hydrogen-bond donors (Lipinski definition) is 2. The van der Waals surface area contributed by atoms with Gasteiger partial charge >= 0.3 is 6.18 Å². The van der Waals surface area contributed by atoms with Gasteiger partial charge in [-0.1, -0.05) is 13.0 Å². The number of aromatic nitrogens is 1. The summed E-state index contributed by atoms with van der Waals surface area (Å²) in [5.74, 6) is -4.78. The van der Waals surface area contributed by atoms with Gasteiger partial charge in [0.05, 0.1) is 31.2 Å². The van der Waals surface area contributed by atoms with Gasteiger partial charge in [0, 0.05) is 24.5 Å². The van der Waals surface area contributed by atoms with E-state index in [9.17, 15) is 27.2 Å². The van der Waals surface area contributed by atoms with Crippen LogP contribution in [0.5, 0.6) is 5.75 Å². The van der Waals surface area contributed by atoms with Crippen molar-refractivity contribution in [2.75, 3.05) is 19.5 Å². The lowest BCUT2D eigenvalue weighted by atomic mass is 9.76. The molecule has 0 bridgehead atoms. The fraction of sp³-hybridized carbons (Fsp3) is 0.435. The number of nitrogens with two attached hydrogens (primary N) is 1. The number of amides is 2. The van der Waals surface area contributed by atoms with E-state index in [4.69, 9.17) is 19.9 Å². The molecule has 1 aromatic heterocycles. The van der Waals surface area contributed by atoms with Crippen LogP contribution in [-0.4, -0.2) is 48.9 Å². The molecule has 1 aliphatic heterocycles. The van der Waals surface area contributed by atoms with Crippen LogP contribution in [0.1, 0.15) is 41.4 Å². The molecule has 0 saturated carbocycles. The number of hydrogen-bond acceptors (Lipinski definition) is 6. The number of carbonyl (C=O) groups excluding carboxylic acids is 2. The summed E-state index contributed by atoms with van der Waals surface area (Å²) >= 11 is 0. The number of primary amides is 1. The first kappa shape index (κ1) is 26.4. The molecular formula is C23H25F4N3O5.